The van der Waals surface area contributed by atoms with E-state index in [2.05, 4.69) is 4.72 Å². The number of sulfonamides is 1. The van der Waals surface area contributed by atoms with Crippen molar-refractivity contribution in [2.75, 3.05) is 13.2 Å². The Labute approximate surface area is 86.8 Å². The predicted octanol–water partition coefficient (Wildman–Crippen LogP) is 0.723. The number of rotatable bonds is 6. The maximum atomic E-state index is 11.4. The second-order valence-corrected chi connectivity index (χ2v) is 6.87. The first-order valence-electron chi connectivity index (χ1n) is 4.80. The molecule has 0 aromatic heterocycles. The zero-order chi connectivity index (χ0) is 11.4. The highest BCUT2D eigenvalue weighted by molar-refractivity contribution is 7.90. The smallest absolute Gasteiger partial charge is 0.213 e. The second kappa shape index (κ2) is 5.09. The Balaban J connectivity index is 4.19. The highest BCUT2D eigenvalue weighted by Crippen LogP contribution is 2.18. The van der Waals surface area contributed by atoms with Crippen molar-refractivity contribution in [1.29, 1.82) is 0 Å². The summed E-state index contributed by atoms with van der Waals surface area (Å²) in [7, 11) is -3.18. The topological polar surface area (TPSA) is 66.4 Å². The van der Waals surface area contributed by atoms with Crippen LogP contribution in [0.15, 0.2) is 0 Å². The van der Waals surface area contributed by atoms with E-state index in [-0.39, 0.29) is 12.0 Å². The average Bonchev–Trinajstić information content (AvgIpc) is 2.01. The molecule has 0 atom stereocenters. The van der Waals surface area contributed by atoms with Gasteiger partial charge in [0.25, 0.3) is 0 Å². The van der Waals surface area contributed by atoms with Gasteiger partial charge in [-0.05, 0) is 25.7 Å². The molecule has 0 heterocycles. The van der Waals surface area contributed by atoms with Crippen LogP contribution >= 0.6 is 0 Å². The number of aliphatic hydroxyl groups excluding tert-OH is 1. The molecule has 0 aromatic rings. The van der Waals surface area contributed by atoms with Crippen LogP contribution in [0.3, 0.4) is 0 Å². The van der Waals surface area contributed by atoms with Crippen LogP contribution in [0.1, 0.15) is 34.1 Å². The molecule has 4 nitrogen and oxygen atoms in total. The van der Waals surface area contributed by atoms with Crippen molar-refractivity contribution in [3.63, 3.8) is 0 Å². The molecule has 0 saturated heterocycles. The average molecular weight is 223 g/mol. The molecule has 0 aliphatic rings. The number of hydrogen-bond acceptors (Lipinski definition) is 3. The summed E-state index contributed by atoms with van der Waals surface area (Å²) in [5.41, 5.74) is -0.198. The molecule has 0 fully saturated rings. The molecule has 0 spiro atoms. The normalized spacial score (nSPS) is 13.6. The molecule has 0 aliphatic heterocycles. The minimum atomic E-state index is -3.18. The van der Waals surface area contributed by atoms with Crippen molar-refractivity contribution in [3.8, 4) is 0 Å². The molecule has 0 unspecified atom stereocenters. The van der Waals surface area contributed by atoms with E-state index in [1.54, 1.807) is 13.8 Å². The molecule has 14 heavy (non-hydrogen) atoms. The second-order valence-electron chi connectivity index (χ2n) is 4.55. The molecule has 0 rings (SSSR count). The first kappa shape index (κ1) is 13.9. The van der Waals surface area contributed by atoms with E-state index in [0.29, 0.717) is 13.0 Å². The highest BCUT2D eigenvalue weighted by atomic mass is 32.2. The van der Waals surface area contributed by atoms with Crippen molar-refractivity contribution in [2.24, 2.45) is 5.41 Å². The van der Waals surface area contributed by atoms with E-state index in [1.165, 1.54) is 0 Å². The van der Waals surface area contributed by atoms with Gasteiger partial charge < -0.3 is 5.11 Å². The van der Waals surface area contributed by atoms with Crippen LogP contribution in [0.4, 0.5) is 0 Å². The predicted molar refractivity (Wildman–Crippen MR) is 57.5 cm³/mol. The van der Waals surface area contributed by atoms with Gasteiger partial charge in [0, 0.05) is 13.2 Å². The molecule has 0 aliphatic carbocycles. The first-order chi connectivity index (χ1) is 6.21. The van der Waals surface area contributed by atoms with Gasteiger partial charge in [-0.1, -0.05) is 13.8 Å². The van der Waals surface area contributed by atoms with Crippen LogP contribution < -0.4 is 4.72 Å². The maximum absolute atomic E-state index is 11.4. The molecule has 0 saturated carbocycles. The Morgan fingerprint density at radius 2 is 1.86 bits per heavy atom. The monoisotopic (exact) mass is 223 g/mol. The van der Waals surface area contributed by atoms with Crippen molar-refractivity contribution in [2.45, 2.75) is 39.4 Å². The van der Waals surface area contributed by atoms with Gasteiger partial charge in [-0.25, -0.2) is 13.1 Å². The Bertz CT molecular complexity index is 257. The molecular weight excluding hydrogens is 202 g/mol. The van der Waals surface area contributed by atoms with Crippen LogP contribution in [-0.2, 0) is 10.0 Å². The minimum Gasteiger partial charge on any atom is -0.396 e. The third kappa shape index (κ3) is 4.93. The molecule has 0 bridgehead atoms. The van der Waals surface area contributed by atoms with E-state index in [0.717, 1.165) is 0 Å². The Morgan fingerprint density at radius 1 is 1.36 bits per heavy atom. The summed E-state index contributed by atoms with van der Waals surface area (Å²) in [6, 6.07) is 0. The molecule has 2 N–H and O–H groups in total. The summed E-state index contributed by atoms with van der Waals surface area (Å²) < 4.78 is 25.4. The summed E-state index contributed by atoms with van der Waals surface area (Å²) in [5, 5.41) is 8.35. The standard InChI is InChI=1S/C9H21NO3S/c1-8(2)14(12,13)10-7-9(3,4)5-6-11/h8,10-11H,5-7H2,1-4H3. The van der Waals surface area contributed by atoms with Gasteiger partial charge in [-0.3, -0.25) is 0 Å². The van der Waals surface area contributed by atoms with Gasteiger partial charge in [0.15, 0.2) is 0 Å². The first-order valence-corrected chi connectivity index (χ1v) is 6.35. The highest BCUT2D eigenvalue weighted by Gasteiger charge is 2.22. The lowest BCUT2D eigenvalue weighted by atomic mass is 9.90. The van der Waals surface area contributed by atoms with Gasteiger partial charge in [-0.2, -0.15) is 0 Å². The fraction of sp³-hybridized carbons (Fsp3) is 1.00. The van der Waals surface area contributed by atoms with Crippen molar-refractivity contribution in [3.05, 3.63) is 0 Å². The van der Waals surface area contributed by atoms with Gasteiger partial charge >= 0.3 is 0 Å². The Kier molecular flexibility index (Phi) is 5.05. The summed E-state index contributed by atoms with van der Waals surface area (Å²) in [4.78, 5) is 0. The molecule has 0 amide bonds. The van der Waals surface area contributed by atoms with E-state index in [9.17, 15) is 8.42 Å². The van der Waals surface area contributed by atoms with Crippen LogP contribution in [0.2, 0.25) is 0 Å². The van der Waals surface area contributed by atoms with E-state index in [1.807, 2.05) is 13.8 Å². The molecular formula is C9H21NO3S. The summed E-state index contributed by atoms with van der Waals surface area (Å²) in [6.07, 6.45) is 0.591. The quantitative estimate of drug-likeness (QED) is 0.697. The summed E-state index contributed by atoms with van der Waals surface area (Å²) in [5.74, 6) is 0. The lowest BCUT2D eigenvalue weighted by Crippen LogP contribution is -2.38. The van der Waals surface area contributed by atoms with Gasteiger partial charge in [-0.15, -0.1) is 0 Å². The van der Waals surface area contributed by atoms with Crippen molar-refractivity contribution in [1.82, 2.24) is 4.72 Å². The van der Waals surface area contributed by atoms with Crippen LogP contribution in [0, 0.1) is 5.41 Å². The third-order valence-corrected chi connectivity index (χ3v) is 3.95. The van der Waals surface area contributed by atoms with E-state index in [4.69, 9.17) is 5.11 Å². The fourth-order valence-corrected chi connectivity index (χ4v) is 1.78. The molecule has 86 valence electrons. The molecule has 0 aromatic carbocycles. The van der Waals surface area contributed by atoms with Crippen LogP contribution in [0.25, 0.3) is 0 Å². The van der Waals surface area contributed by atoms with Crippen molar-refractivity contribution >= 4 is 10.0 Å². The molecule has 5 heteroatoms. The van der Waals surface area contributed by atoms with Gasteiger partial charge in [0.1, 0.15) is 0 Å². The van der Waals surface area contributed by atoms with Crippen LogP contribution in [-0.4, -0.2) is 31.9 Å². The lowest BCUT2D eigenvalue weighted by Gasteiger charge is -2.24. The summed E-state index contributed by atoms with van der Waals surface area (Å²) in [6.45, 7) is 7.57. The van der Waals surface area contributed by atoms with E-state index >= 15 is 0 Å². The Morgan fingerprint density at radius 3 is 2.21 bits per heavy atom. The SMILES string of the molecule is CC(C)S(=O)(=O)NCC(C)(C)CCO. The van der Waals surface area contributed by atoms with Gasteiger partial charge in [0.2, 0.25) is 10.0 Å². The fourth-order valence-electron chi connectivity index (χ4n) is 0.854. The lowest BCUT2D eigenvalue weighted by molar-refractivity contribution is 0.213. The Hall–Kier alpha value is -0.130. The zero-order valence-electron chi connectivity index (χ0n) is 9.37. The largest absolute Gasteiger partial charge is 0.396 e. The number of hydrogen-bond donors (Lipinski definition) is 2. The minimum absolute atomic E-state index is 0.0798. The number of nitrogens with one attached hydrogen (secondary N) is 1. The summed E-state index contributed by atoms with van der Waals surface area (Å²) >= 11 is 0. The van der Waals surface area contributed by atoms with Gasteiger partial charge in [0.05, 0.1) is 5.25 Å². The zero-order valence-corrected chi connectivity index (χ0v) is 10.2. The van der Waals surface area contributed by atoms with E-state index < -0.39 is 15.3 Å². The maximum Gasteiger partial charge on any atom is 0.213 e. The van der Waals surface area contributed by atoms with Crippen molar-refractivity contribution < 1.29 is 13.5 Å². The third-order valence-electron chi connectivity index (χ3n) is 2.16. The number of aliphatic hydroxyl groups is 1. The molecule has 0 radical (unpaired) electrons. The van der Waals surface area contributed by atoms with Crippen LogP contribution in [0.5, 0.6) is 0 Å².